The summed E-state index contributed by atoms with van der Waals surface area (Å²) < 4.78 is 5.60. The standard InChI is InChI=1S/C16H26N2O2S/c1-11(2)20-14-7-5-13(6-8-14)12(3)18-16(19)15(17)9-10-21-4/h5-8,11-12,15H,9-10,17H2,1-4H3,(H,18,19)/t12?,15-/m1/s1. The summed E-state index contributed by atoms with van der Waals surface area (Å²) in [7, 11) is 0. The molecule has 0 fully saturated rings. The molecule has 0 aliphatic carbocycles. The summed E-state index contributed by atoms with van der Waals surface area (Å²) in [5, 5.41) is 2.95. The Morgan fingerprint density at radius 3 is 2.43 bits per heavy atom. The molecule has 1 unspecified atom stereocenters. The maximum atomic E-state index is 12.0. The number of amides is 1. The van der Waals surface area contributed by atoms with Gasteiger partial charge >= 0.3 is 0 Å². The van der Waals surface area contributed by atoms with Gasteiger partial charge in [0.05, 0.1) is 18.2 Å². The van der Waals surface area contributed by atoms with Crippen LogP contribution in [0.1, 0.15) is 38.8 Å². The van der Waals surface area contributed by atoms with E-state index in [4.69, 9.17) is 10.5 Å². The van der Waals surface area contributed by atoms with E-state index in [1.807, 2.05) is 51.3 Å². The number of nitrogens with one attached hydrogen (secondary N) is 1. The third-order valence-corrected chi connectivity index (χ3v) is 3.72. The molecule has 1 aromatic carbocycles. The van der Waals surface area contributed by atoms with Crippen LogP contribution in [-0.4, -0.2) is 30.1 Å². The van der Waals surface area contributed by atoms with Crippen LogP contribution in [0.25, 0.3) is 0 Å². The predicted octanol–water partition coefficient (Wildman–Crippen LogP) is 2.73. The van der Waals surface area contributed by atoms with Crippen LogP contribution in [0.4, 0.5) is 0 Å². The first-order valence-electron chi connectivity index (χ1n) is 7.25. The zero-order chi connectivity index (χ0) is 15.8. The molecule has 0 spiro atoms. The van der Waals surface area contributed by atoms with E-state index < -0.39 is 6.04 Å². The zero-order valence-electron chi connectivity index (χ0n) is 13.3. The van der Waals surface area contributed by atoms with Crippen LogP contribution in [0.2, 0.25) is 0 Å². The highest BCUT2D eigenvalue weighted by atomic mass is 32.2. The van der Waals surface area contributed by atoms with E-state index in [1.165, 1.54) is 0 Å². The van der Waals surface area contributed by atoms with Crippen LogP contribution in [0.3, 0.4) is 0 Å². The van der Waals surface area contributed by atoms with Crippen molar-refractivity contribution in [3.8, 4) is 5.75 Å². The predicted molar refractivity (Wildman–Crippen MR) is 89.7 cm³/mol. The van der Waals surface area contributed by atoms with Crippen molar-refractivity contribution in [2.24, 2.45) is 5.73 Å². The van der Waals surface area contributed by atoms with Crippen LogP contribution in [0, 0.1) is 0 Å². The van der Waals surface area contributed by atoms with E-state index in [-0.39, 0.29) is 18.1 Å². The first-order valence-corrected chi connectivity index (χ1v) is 8.65. The van der Waals surface area contributed by atoms with Crippen molar-refractivity contribution in [1.82, 2.24) is 5.32 Å². The Morgan fingerprint density at radius 2 is 1.90 bits per heavy atom. The Labute approximate surface area is 131 Å². The van der Waals surface area contributed by atoms with E-state index >= 15 is 0 Å². The lowest BCUT2D eigenvalue weighted by molar-refractivity contribution is -0.123. The molecule has 0 saturated carbocycles. The average molecular weight is 310 g/mol. The fraction of sp³-hybridized carbons (Fsp3) is 0.562. The molecule has 1 aromatic rings. The van der Waals surface area contributed by atoms with E-state index in [0.29, 0.717) is 6.42 Å². The highest BCUT2D eigenvalue weighted by molar-refractivity contribution is 7.98. The quantitative estimate of drug-likeness (QED) is 0.775. The zero-order valence-corrected chi connectivity index (χ0v) is 14.1. The number of carbonyl (C=O) groups is 1. The van der Waals surface area contributed by atoms with Crippen molar-refractivity contribution in [1.29, 1.82) is 0 Å². The first kappa shape index (κ1) is 17.9. The molecule has 0 saturated heterocycles. The molecule has 1 rings (SSSR count). The summed E-state index contributed by atoms with van der Waals surface area (Å²) in [6, 6.07) is 7.28. The molecule has 0 bridgehead atoms. The fourth-order valence-electron chi connectivity index (χ4n) is 1.89. The summed E-state index contributed by atoms with van der Waals surface area (Å²) >= 11 is 1.70. The van der Waals surface area contributed by atoms with Crippen molar-refractivity contribution in [3.05, 3.63) is 29.8 Å². The van der Waals surface area contributed by atoms with Gasteiger partial charge in [0.15, 0.2) is 0 Å². The minimum atomic E-state index is -0.441. The maximum absolute atomic E-state index is 12.0. The van der Waals surface area contributed by atoms with Gasteiger partial charge in [0, 0.05) is 0 Å². The summed E-state index contributed by atoms with van der Waals surface area (Å²) in [4.78, 5) is 12.0. The monoisotopic (exact) mass is 310 g/mol. The number of benzene rings is 1. The van der Waals surface area contributed by atoms with Crippen molar-refractivity contribution in [2.75, 3.05) is 12.0 Å². The summed E-state index contributed by atoms with van der Waals surface area (Å²) in [6.07, 6.45) is 2.86. The van der Waals surface area contributed by atoms with Gasteiger partial charge in [-0.2, -0.15) is 11.8 Å². The van der Waals surface area contributed by atoms with Crippen molar-refractivity contribution < 1.29 is 9.53 Å². The largest absolute Gasteiger partial charge is 0.491 e. The Balaban J connectivity index is 2.54. The molecule has 4 nitrogen and oxygen atoms in total. The van der Waals surface area contributed by atoms with Gasteiger partial charge in [-0.3, -0.25) is 4.79 Å². The summed E-state index contributed by atoms with van der Waals surface area (Å²) in [6.45, 7) is 5.94. The van der Waals surface area contributed by atoms with Gasteiger partial charge in [0.2, 0.25) is 5.91 Å². The third kappa shape index (κ3) is 6.40. The number of nitrogens with two attached hydrogens (primary N) is 1. The van der Waals surface area contributed by atoms with Gasteiger partial charge in [-0.05, 0) is 56.9 Å². The highest BCUT2D eigenvalue weighted by Gasteiger charge is 2.16. The Hall–Kier alpha value is -1.20. The van der Waals surface area contributed by atoms with Crippen LogP contribution < -0.4 is 15.8 Å². The molecule has 5 heteroatoms. The van der Waals surface area contributed by atoms with Crippen LogP contribution in [-0.2, 0) is 4.79 Å². The summed E-state index contributed by atoms with van der Waals surface area (Å²) in [5.74, 6) is 1.63. The van der Waals surface area contributed by atoms with Crippen LogP contribution in [0.15, 0.2) is 24.3 Å². The lowest BCUT2D eigenvalue weighted by Gasteiger charge is -2.18. The number of carbonyl (C=O) groups excluding carboxylic acids is 1. The lowest BCUT2D eigenvalue weighted by Crippen LogP contribution is -2.41. The summed E-state index contributed by atoms with van der Waals surface area (Å²) in [5.41, 5.74) is 6.90. The number of thioether (sulfide) groups is 1. The van der Waals surface area contributed by atoms with Crippen molar-refractivity contribution in [2.45, 2.75) is 45.4 Å². The highest BCUT2D eigenvalue weighted by Crippen LogP contribution is 2.18. The van der Waals surface area contributed by atoms with Gasteiger partial charge in [-0.25, -0.2) is 0 Å². The minimum absolute atomic E-state index is 0.0640. The third-order valence-electron chi connectivity index (χ3n) is 3.08. The van der Waals surface area contributed by atoms with Crippen molar-refractivity contribution >= 4 is 17.7 Å². The molecular formula is C16H26N2O2S. The molecule has 118 valence electrons. The minimum Gasteiger partial charge on any atom is -0.491 e. The van der Waals surface area contributed by atoms with Gasteiger partial charge in [0.1, 0.15) is 5.75 Å². The van der Waals surface area contributed by atoms with Crippen LogP contribution >= 0.6 is 11.8 Å². The molecular weight excluding hydrogens is 284 g/mol. The van der Waals surface area contributed by atoms with E-state index in [1.54, 1.807) is 11.8 Å². The molecule has 0 aliphatic heterocycles. The molecule has 21 heavy (non-hydrogen) atoms. The molecule has 0 aliphatic rings. The number of ether oxygens (including phenoxy) is 1. The average Bonchev–Trinajstić information content (AvgIpc) is 2.44. The first-order chi connectivity index (χ1) is 9.93. The topological polar surface area (TPSA) is 64.4 Å². The molecule has 2 atom stereocenters. The van der Waals surface area contributed by atoms with Gasteiger partial charge in [0.25, 0.3) is 0 Å². The second-order valence-electron chi connectivity index (χ2n) is 5.35. The second-order valence-corrected chi connectivity index (χ2v) is 6.34. The Kier molecular flexibility index (Phi) is 7.61. The number of rotatable bonds is 8. The van der Waals surface area contributed by atoms with Gasteiger partial charge in [-0.15, -0.1) is 0 Å². The number of hydrogen-bond donors (Lipinski definition) is 2. The SMILES string of the molecule is CSCC[C@@H](N)C(=O)NC(C)c1ccc(OC(C)C)cc1. The van der Waals surface area contributed by atoms with Crippen LogP contribution in [0.5, 0.6) is 5.75 Å². The molecule has 0 radical (unpaired) electrons. The second kappa shape index (κ2) is 8.95. The molecule has 3 N–H and O–H groups in total. The van der Waals surface area contributed by atoms with Gasteiger partial charge in [-0.1, -0.05) is 12.1 Å². The van der Waals surface area contributed by atoms with E-state index in [2.05, 4.69) is 5.32 Å². The number of hydrogen-bond acceptors (Lipinski definition) is 4. The maximum Gasteiger partial charge on any atom is 0.237 e. The molecule has 0 aromatic heterocycles. The molecule has 0 heterocycles. The van der Waals surface area contributed by atoms with E-state index in [0.717, 1.165) is 17.1 Å². The molecule has 1 amide bonds. The van der Waals surface area contributed by atoms with Gasteiger partial charge < -0.3 is 15.8 Å². The smallest absolute Gasteiger partial charge is 0.237 e. The van der Waals surface area contributed by atoms with Crippen molar-refractivity contribution in [3.63, 3.8) is 0 Å². The fourth-order valence-corrected chi connectivity index (χ4v) is 2.38. The normalized spacial score (nSPS) is 13.8. The van der Waals surface area contributed by atoms with E-state index in [9.17, 15) is 4.79 Å². The Morgan fingerprint density at radius 1 is 1.29 bits per heavy atom. The lowest BCUT2D eigenvalue weighted by atomic mass is 10.1. The Bertz CT molecular complexity index is 434.